The highest BCUT2D eigenvalue weighted by atomic mass is 31.2. The number of rotatable bonds is 41. The number of aliphatic carboxylic acids is 1. The summed E-state index contributed by atoms with van der Waals surface area (Å²) in [6, 6.07) is -1.52. The van der Waals surface area contributed by atoms with Crippen LogP contribution in [0.1, 0.15) is 194 Å². The molecule has 0 aliphatic rings. The zero-order chi connectivity index (χ0) is 41.4. The molecule has 0 aromatic rings. The van der Waals surface area contributed by atoms with E-state index in [4.69, 9.17) is 24.8 Å². The molecule has 0 fully saturated rings. The molecule has 0 heterocycles. The van der Waals surface area contributed by atoms with E-state index in [2.05, 4.69) is 54.8 Å². The lowest BCUT2D eigenvalue weighted by Gasteiger charge is -2.20. The molecule has 0 aromatic carbocycles. The second kappa shape index (κ2) is 39.5. The number of phosphoric ester groups is 1. The fraction of sp³-hybridized carbons (Fsp3) is 0.795. The normalized spacial score (nSPS) is 14.1. The molecule has 56 heavy (non-hydrogen) atoms. The van der Waals surface area contributed by atoms with Crippen LogP contribution in [0.25, 0.3) is 0 Å². The van der Waals surface area contributed by atoms with Gasteiger partial charge in [0.25, 0.3) is 0 Å². The van der Waals surface area contributed by atoms with Crippen LogP contribution in [-0.4, -0.2) is 59.9 Å². The first-order valence-electron chi connectivity index (χ1n) is 22.0. The average molecular weight is 814 g/mol. The molecule has 12 heteroatoms. The van der Waals surface area contributed by atoms with Crippen molar-refractivity contribution in [1.29, 1.82) is 0 Å². The van der Waals surface area contributed by atoms with Gasteiger partial charge in [0.1, 0.15) is 12.6 Å². The predicted octanol–water partition coefficient (Wildman–Crippen LogP) is 11.6. The van der Waals surface area contributed by atoms with Gasteiger partial charge in [-0.05, 0) is 70.6 Å². The van der Waals surface area contributed by atoms with E-state index >= 15 is 0 Å². The van der Waals surface area contributed by atoms with Crippen LogP contribution in [0.2, 0.25) is 0 Å². The molecule has 326 valence electrons. The molecule has 11 nitrogen and oxygen atoms in total. The highest BCUT2D eigenvalue weighted by Gasteiger charge is 2.28. The molecule has 0 amide bonds. The van der Waals surface area contributed by atoms with Gasteiger partial charge >= 0.3 is 25.7 Å². The van der Waals surface area contributed by atoms with E-state index in [1.165, 1.54) is 89.9 Å². The molecule has 1 unspecified atom stereocenters. The van der Waals surface area contributed by atoms with Crippen molar-refractivity contribution < 1.29 is 47.5 Å². The van der Waals surface area contributed by atoms with E-state index in [0.29, 0.717) is 12.8 Å². The number of unbranched alkanes of at least 4 members (excludes halogenated alkanes) is 21. The highest BCUT2D eigenvalue weighted by molar-refractivity contribution is 7.47. The summed E-state index contributed by atoms with van der Waals surface area (Å²) in [6.07, 6.45) is 42.0. The molecule has 4 N–H and O–H groups in total. The minimum Gasteiger partial charge on any atom is -0.480 e. The van der Waals surface area contributed by atoms with E-state index in [1.54, 1.807) is 0 Å². The Labute approximate surface area is 340 Å². The first-order chi connectivity index (χ1) is 27.1. The van der Waals surface area contributed by atoms with Crippen molar-refractivity contribution in [2.24, 2.45) is 5.73 Å². The third kappa shape index (κ3) is 38.6. The van der Waals surface area contributed by atoms with Gasteiger partial charge in [0.05, 0.1) is 13.2 Å². The van der Waals surface area contributed by atoms with E-state index < -0.39 is 51.1 Å². The first-order valence-corrected chi connectivity index (χ1v) is 23.5. The van der Waals surface area contributed by atoms with E-state index in [0.717, 1.165) is 64.2 Å². The Morgan fingerprint density at radius 2 is 0.946 bits per heavy atom. The van der Waals surface area contributed by atoms with Crippen LogP contribution in [0.15, 0.2) is 36.5 Å². The molecule has 0 aromatic heterocycles. The number of carbonyl (C=O) groups excluding carboxylic acids is 2. The predicted molar refractivity (Wildman–Crippen MR) is 226 cm³/mol. The lowest BCUT2D eigenvalue weighted by Crippen LogP contribution is -2.34. The number of allylic oxidation sites excluding steroid dienone is 6. The SMILES string of the molecule is CCCCC/C=C/C/C=C/CCCCCCCC(=O)O[C@H](COC(=O)CCCCCCCCCCC/C=C/CCCCCC)COP(=O)(O)OC[C@H](N)C(=O)O. The molecule has 0 aliphatic carbocycles. The quantitative estimate of drug-likeness (QED) is 0.0232. The smallest absolute Gasteiger partial charge is 0.472 e. The van der Waals surface area contributed by atoms with Crippen LogP contribution in [0.3, 0.4) is 0 Å². The summed E-state index contributed by atoms with van der Waals surface area (Å²) < 4.78 is 32.7. The van der Waals surface area contributed by atoms with Crippen molar-refractivity contribution >= 4 is 25.7 Å². The van der Waals surface area contributed by atoms with Crippen LogP contribution in [0, 0.1) is 0 Å². The van der Waals surface area contributed by atoms with Gasteiger partial charge in [0, 0.05) is 12.8 Å². The third-order valence-corrected chi connectivity index (χ3v) is 10.3. The summed E-state index contributed by atoms with van der Waals surface area (Å²) in [5.74, 6) is -2.40. The maximum atomic E-state index is 12.6. The summed E-state index contributed by atoms with van der Waals surface area (Å²) >= 11 is 0. The standard InChI is InChI=1S/C44H80NO10P/c1-3-5-7-9-11-13-15-17-19-20-22-23-25-27-29-31-33-35-42(46)52-37-40(38-53-56(50,51)54-39-41(45)44(48)49)55-43(47)36-34-32-30-28-26-24-21-18-16-14-12-10-8-6-4-2/h12-15,18,21,40-41H,3-11,16-17,19-20,22-39,45H2,1-2H3,(H,48,49)(H,50,51)/b14-12+,15-13+,21-18+/t40-,41+/m1/s1. The number of esters is 2. The zero-order valence-electron chi connectivity index (χ0n) is 35.2. The number of ether oxygens (including phenoxy) is 2. The topological polar surface area (TPSA) is 172 Å². The molecule has 0 spiro atoms. The monoisotopic (exact) mass is 814 g/mol. The highest BCUT2D eigenvalue weighted by Crippen LogP contribution is 2.43. The van der Waals surface area contributed by atoms with Gasteiger partial charge in [0.2, 0.25) is 0 Å². The second-order valence-corrected chi connectivity index (χ2v) is 16.3. The summed E-state index contributed by atoms with van der Waals surface area (Å²) in [5.41, 5.74) is 5.33. The maximum Gasteiger partial charge on any atom is 0.472 e. The van der Waals surface area contributed by atoms with Crippen molar-refractivity contribution in [2.75, 3.05) is 19.8 Å². The van der Waals surface area contributed by atoms with Crippen LogP contribution in [-0.2, 0) is 37.5 Å². The van der Waals surface area contributed by atoms with E-state index in [-0.39, 0.29) is 19.4 Å². The molecular formula is C44H80NO10P. The van der Waals surface area contributed by atoms with Crippen molar-refractivity contribution in [3.8, 4) is 0 Å². The summed E-state index contributed by atoms with van der Waals surface area (Å²) in [7, 11) is -4.72. The Hall–Kier alpha value is -2.30. The summed E-state index contributed by atoms with van der Waals surface area (Å²) in [4.78, 5) is 45.9. The van der Waals surface area contributed by atoms with Gasteiger partial charge in [-0.15, -0.1) is 0 Å². The molecular weight excluding hydrogens is 733 g/mol. The minimum atomic E-state index is -4.72. The van der Waals surface area contributed by atoms with Crippen molar-refractivity contribution in [2.45, 2.75) is 206 Å². The largest absolute Gasteiger partial charge is 0.480 e. The second-order valence-electron chi connectivity index (χ2n) is 14.8. The average Bonchev–Trinajstić information content (AvgIpc) is 3.17. The number of phosphoric acid groups is 1. The van der Waals surface area contributed by atoms with E-state index in [9.17, 15) is 23.8 Å². The van der Waals surface area contributed by atoms with Gasteiger partial charge in [-0.1, -0.05) is 147 Å². The molecule has 0 aliphatic heterocycles. The minimum absolute atomic E-state index is 0.145. The summed E-state index contributed by atoms with van der Waals surface area (Å²) in [6.45, 7) is 2.75. The first kappa shape index (κ1) is 53.7. The number of carboxylic acid groups (broad SMARTS) is 1. The van der Waals surface area contributed by atoms with Crippen LogP contribution >= 0.6 is 7.82 Å². The van der Waals surface area contributed by atoms with Gasteiger partial charge in [-0.2, -0.15) is 0 Å². The van der Waals surface area contributed by atoms with Gasteiger partial charge in [0.15, 0.2) is 6.10 Å². The maximum absolute atomic E-state index is 12.6. The Balaban J connectivity index is 4.37. The molecule has 0 saturated heterocycles. The van der Waals surface area contributed by atoms with E-state index in [1.807, 2.05) is 0 Å². The molecule has 0 saturated carbocycles. The Kier molecular flexibility index (Phi) is 37.9. The Bertz CT molecular complexity index is 1100. The van der Waals surface area contributed by atoms with Gasteiger partial charge < -0.3 is 25.2 Å². The number of nitrogens with two attached hydrogens (primary N) is 1. The van der Waals surface area contributed by atoms with Crippen LogP contribution < -0.4 is 5.73 Å². The van der Waals surface area contributed by atoms with Gasteiger partial charge in [-0.25, -0.2) is 4.57 Å². The molecule has 0 bridgehead atoms. The molecule has 0 radical (unpaired) electrons. The molecule has 0 rings (SSSR count). The van der Waals surface area contributed by atoms with Crippen LogP contribution in [0.4, 0.5) is 0 Å². The zero-order valence-corrected chi connectivity index (χ0v) is 36.1. The van der Waals surface area contributed by atoms with Crippen molar-refractivity contribution in [3.05, 3.63) is 36.5 Å². The van der Waals surface area contributed by atoms with Crippen molar-refractivity contribution in [3.63, 3.8) is 0 Å². The lowest BCUT2D eigenvalue weighted by molar-refractivity contribution is -0.161. The Morgan fingerprint density at radius 1 is 0.554 bits per heavy atom. The number of carboxylic acids is 1. The fourth-order valence-electron chi connectivity index (χ4n) is 5.85. The number of carbonyl (C=O) groups is 3. The van der Waals surface area contributed by atoms with Crippen molar-refractivity contribution in [1.82, 2.24) is 0 Å². The molecule has 3 atom stereocenters. The number of hydrogen-bond donors (Lipinski definition) is 3. The lowest BCUT2D eigenvalue weighted by atomic mass is 10.1. The number of hydrogen-bond acceptors (Lipinski definition) is 9. The summed E-state index contributed by atoms with van der Waals surface area (Å²) in [5, 5.41) is 8.89. The van der Waals surface area contributed by atoms with Crippen LogP contribution in [0.5, 0.6) is 0 Å². The fourth-order valence-corrected chi connectivity index (χ4v) is 6.63. The third-order valence-electron chi connectivity index (χ3n) is 9.36. The van der Waals surface area contributed by atoms with Gasteiger partial charge in [-0.3, -0.25) is 23.4 Å². The Morgan fingerprint density at radius 3 is 1.45 bits per heavy atom.